The van der Waals surface area contributed by atoms with Crippen molar-refractivity contribution >= 4 is 0 Å². The summed E-state index contributed by atoms with van der Waals surface area (Å²) < 4.78 is 0. The molecule has 1 aromatic heterocycles. The van der Waals surface area contributed by atoms with Crippen LogP contribution in [0.5, 0.6) is 0 Å². The Balaban J connectivity index is 2.16. The standard InChI is InChI=1S/C9H13N2O/c12-7-1-4-11-8-9-2-5-10-6-3-9/h2-3,5-6,12H,1,4,7-8H2. The third kappa shape index (κ3) is 3.46. The Morgan fingerprint density at radius 2 is 2.08 bits per heavy atom. The van der Waals surface area contributed by atoms with Gasteiger partial charge in [-0.15, -0.1) is 0 Å². The fourth-order valence-electron chi connectivity index (χ4n) is 0.879. The van der Waals surface area contributed by atoms with E-state index in [0.29, 0.717) is 0 Å². The molecule has 0 aromatic carbocycles. The summed E-state index contributed by atoms with van der Waals surface area (Å²) in [7, 11) is 0. The molecule has 3 heteroatoms. The van der Waals surface area contributed by atoms with Crippen LogP contribution in [-0.2, 0) is 6.54 Å². The molecule has 0 aliphatic heterocycles. The molecule has 0 amide bonds. The van der Waals surface area contributed by atoms with Crippen molar-refractivity contribution in [3.8, 4) is 0 Å². The highest BCUT2D eigenvalue weighted by molar-refractivity contribution is 5.08. The molecular formula is C9H13N2O. The fourth-order valence-corrected chi connectivity index (χ4v) is 0.879. The first-order valence-electron chi connectivity index (χ1n) is 4.06. The Labute approximate surface area is 72.5 Å². The second-order valence-electron chi connectivity index (χ2n) is 2.54. The molecule has 1 heterocycles. The van der Waals surface area contributed by atoms with Gasteiger partial charge >= 0.3 is 0 Å². The predicted octanol–water partition coefficient (Wildman–Crippen LogP) is 0.568. The minimum Gasteiger partial charge on any atom is -0.396 e. The summed E-state index contributed by atoms with van der Waals surface area (Å²) in [5, 5.41) is 12.7. The second-order valence-corrected chi connectivity index (χ2v) is 2.54. The fraction of sp³-hybridized carbons (Fsp3) is 0.444. The van der Waals surface area contributed by atoms with Crippen molar-refractivity contribution in [2.75, 3.05) is 13.2 Å². The van der Waals surface area contributed by atoms with Gasteiger partial charge in [0.1, 0.15) is 0 Å². The number of hydrogen-bond donors (Lipinski definition) is 1. The van der Waals surface area contributed by atoms with Crippen LogP contribution in [0.15, 0.2) is 24.5 Å². The van der Waals surface area contributed by atoms with E-state index in [-0.39, 0.29) is 6.61 Å². The van der Waals surface area contributed by atoms with E-state index < -0.39 is 0 Å². The highest BCUT2D eigenvalue weighted by atomic mass is 16.3. The molecule has 0 saturated carbocycles. The van der Waals surface area contributed by atoms with Crippen LogP contribution in [0.4, 0.5) is 0 Å². The first-order chi connectivity index (χ1) is 5.93. The van der Waals surface area contributed by atoms with Gasteiger partial charge in [-0.3, -0.25) is 4.98 Å². The summed E-state index contributed by atoms with van der Waals surface area (Å²) in [6.45, 7) is 1.68. The van der Waals surface area contributed by atoms with Crippen molar-refractivity contribution < 1.29 is 5.11 Å². The van der Waals surface area contributed by atoms with Crippen molar-refractivity contribution in [3.63, 3.8) is 0 Å². The van der Waals surface area contributed by atoms with Gasteiger partial charge in [-0.2, -0.15) is 0 Å². The molecule has 1 radical (unpaired) electrons. The number of aliphatic hydroxyl groups excluding tert-OH is 1. The molecule has 0 fully saturated rings. The zero-order chi connectivity index (χ0) is 8.65. The van der Waals surface area contributed by atoms with Gasteiger partial charge in [0.2, 0.25) is 0 Å². The van der Waals surface area contributed by atoms with E-state index in [1.165, 1.54) is 5.56 Å². The maximum absolute atomic E-state index is 8.49. The molecule has 0 spiro atoms. The topological polar surface area (TPSA) is 47.2 Å². The molecule has 0 aliphatic carbocycles. The summed E-state index contributed by atoms with van der Waals surface area (Å²) in [6, 6.07) is 3.89. The first kappa shape index (κ1) is 9.16. The molecule has 1 aromatic rings. The molecule has 0 bridgehead atoms. The molecule has 3 nitrogen and oxygen atoms in total. The van der Waals surface area contributed by atoms with E-state index in [4.69, 9.17) is 5.11 Å². The van der Waals surface area contributed by atoms with Crippen molar-refractivity contribution in [2.45, 2.75) is 13.0 Å². The molecule has 0 aliphatic rings. The smallest absolute Gasteiger partial charge is 0.0443 e. The minimum atomic E-state index is 0.222. The number of nitrogens with zero attached hydrogens (tertiary/aromatic N) is 2. The van der Waals surface area contributed by atoms with E-state index in [1.807, 2.05) is 12.1 Å². The number of rotatable bonds is 5. The van der Waals surface area contributed by atoms with Crippen molar-refractivity contribution in [1.29, 1.82) is 0 Å². The lowest BCUT2D eigenvalue weighted by atomic mass is 10.3. The summed E-state index contributed by atoms with van der Waals surface area (Å²) in [4.78, 5) is 3.91. The Bertz CT molecular complexity index is 201. The van der Waals surface area contributed by atoms with Crippen molar-refractivity contribution in [3.05, 3.63) is 30.1 Å². The zero-order valence-corrected chi connectivity index (χ0v) is 6.98. The SMILES string of the molecule is OCCC[N]Cc1ccncc1. The lowest BCUT2D eigenvalue weighted by molar-refractivity contribution is 0.285. The van der Waals surface area contributed by atoms with Crippen LogP contribution < -0.4 is 5.32 Å². The summed E-state index contributed by atoms with van der Waals surface area (Å²) in [5.74, 6) is 0. The van der Waals surface area contributed by atoms with Crippen LogP contribution >= 0.6 is 0 Å². The van der Waals surface area contributed by atoms with Crippen LogP contribution in [0.1, 0.15) is 12.0 Å². The highest BCUT2D eigenvalue weighted by Gasteiger charge is 1.91. The van der Waals surface area contributed by atoms with Crippen LogP contribution in [0, 0.1) is 0 Å². The maximum atomic E-state index is 8.49. The van der Waals surface area contributed by atoms with Crippen LogP contribution in [-0.4, -0.2) is 23.2 Å². The largest absolute Gasteiger partial charge is 0.396 e. The molecule has 1 N–H and O–H groups in total. The third-order valence-electron chi connectivity index (χ3n) is 1.52. The van der Waals surface area contributed by atoms with Gasteiger partial charge in [-0.05, 0) is 24.1 Å². The van der Waals surface area contributed by atoms with Crippen molar-refractivity contribution in [1.82, 2.24) is 10.3 Å². The second kappa shape index (κ2) is 5.69. The first-order valence-corrected chi connectivity index (χ1v) is 4.06. The molecule has 65 valence electrons. The average molecular weight is 165 g/mol. The summed E-state index contributed by atoms with van der Waals surface area (Å²) in [5.41, 5.74) is 1.17. The minimum absolute atomic E-state index is 0.222. The van der Waals surface area contributed by atoms with E-state index in [0.717, 1.165) is 19.5 Å². The molecule has 0 saturated heterocycles. The normalized spacial score (nSPS) is 10.1. The molecule has 12 heavy (non-hydrogen) atoms. The lowest BCUT2D eigenvalue weighted by Crippen LogP contribution is -2.07. The quantitative estimate of drug-likeness (QED) is 0.648. The average Bonchev–Trinajstić information content (AvgIpc) is 2.14. The van der Waals surface area contributed by atoms with Crippen LogP contribution in [0.25, 0.3) is 0 Å². The Kier molecular flexibility index (Phi) is 4.34. The van der Waals surface area contributed by atoms with E-state index in [1.54, 1.807) is 12.4 Å². The van der Waals surface area contributed by atoms with Gasteiger partial charge < -0.3 is 5.11 Å². The van der Waals surface area contributed by atoms with E-state index in [2.05, 4.69) is 10.3 Å². The highest BCUT2D eigenvalue weighted by Crippen LogP contribution is 1.95. The van der Waals surface area contributed by atoms with Gasteiger partial charge in [-0.25, -0.2) is 5.32 Å². The Morgan fingerprint density at radius 3 is 2.75 bits per heavy atom. The number of aliphatic hydroxyl groups is 1. The number of hydrogen-bond acceptors (Lipinski definition) is 2. The molecule has 1 rings (SSSR count). The summed E-state index contributed by atoms with van der Waals surface area (Å²) in [6.07, 6.45) is 4.28. The maximum Gasteiger partial charge on any atom is 0.0443 e. The monoisotopic (exact) mass is 165 g/mol. The summed E-state index contributed by atoms with van der Waals surface area (Å²) >= 11 is 0. The van der Waals surface area contributed by atoms with E-state index in [9.17, 15) is 0 Å². The third-order valence-corrected chi connectivity index (χ3v) is 1.52. The van der Waals surface area contributed by atoms with Gasteiger partial charge in [0.15, 0.2) is 0 Å². The molecular weight excluding hydrogens is 152 g/mol. The van der Waals surface area contributed by atoms with Gasteiger partial charge in [0.05, 0.1) is 0 Å². The van der Waals surface area contributed by atoms with Crippen LogP contribution in [0.2, 0.25) is 0 Å². The number of pyridine rings is 1. The number of aromatic nitrogens is 1. The van der Waals surface area contributed by atoms with Gasteiger partial charge in [-0.1, -0.05) is 0 Å². The molecule has 0 unspecified atom stereocenters. The predicted molar refractivity (Wildman–Crippen MR) is 46.6 cm³/mol. The molecule has 0 atom stereocenters. The van der Waals surface area contributed by atoms with E-state index >= 15 is 0 Å². The van der Waals surface area contributed by atoms with Crippen LogP contribution in [0.3, 0.4) is 0 Å². The zero-order valence-electron chi connectivity index (χ0n) is 6.98. The lowest BCUT2D eigenvalue weighted by Gasteiger charge is -1.99. The Hall–Kier alpha value is -0.930. The Morgan fingerprint density at radius 1 is 1.33 bits per heavy atom. The van der Waals surface area contributed by atoms with Crippen molar-refractivity contribution in [2.24, 2.45) is 0 Å². The van der Waals surface area contributed by atoms with Gasteiger partial charge in [0, 0.05) is 32.1 Å². The van der Waals surface area contributed by atoms with Gasteiger partial charge in [0.25, 0.3) is 0 Å².